The number of anilines is 2. The van der Waals surface area contributed by atoms with Crippen LogP contribution < -0.4 is 15.0 Å². The largest absolute Gasteiger partial charge is 0.493 e. The van der Waals surface area contributed by atoms with Gasteiger partial charge in [0.2, 0.25) is 5.91 Å². The molecule has 1 aromatic heterocycles. The van der Waals surface area contributed by atoms with Crippen LogP contribution in [-0.4, -0.2) is 50.0 Å². The third-order valence-electron chi connectivity index (χ3n) is 6.18. The molecule has 32 heavy (non-hydrogen) atoms. The highest BCUT2D eigenvalue weighted by atomic mass is 16.5. The monoisotopic (exact) mass is 433 g/mol. The van der Waals surface area contributed by atoms with Gasteiger partial charge in [0.1, 0.15) is 0 Å². The van der Waals surface area contributed by atoms with Crippen LogP contribution in [0.5, 0.6) is 5.75 Å². The molecule has 2 heterocycles. The maximum atomic E-state index is 12.7. The Morgan fingerprint density at radius 3 is 2.59 bits per heavy atom. The maximum Gasteiger partial charge on any atom is 0.291 e. The number of hydrogen-bond acceptors (Lipinski definition) is 5. The van der Waals surface area contributed by atoms with Gasteiger partial charge in [-0.3, -0.25) is 9.59 Å². The van der Waals surface area contributed by atoms with Crippen LogP contribution in [0.25, 0.3) is 11.0 Å². The lowest BCUT2D eigenvalue weighted by Crippen LogP contribution is -2.36. The van der Waals surface area contributed by atoms with Crippen molar-refractivity contribution < 1.29 is 18.7 Å². The van der Waals surface area contributed by atoms with Gasteiger partial charge in [-0.15, -0.1) is 0 Å². The smallest absolute Gasteiger partial charge is 0.291 e. The zero-order valence-corrected chi connectivity index (χ0v) is 18.2. The molecule has 0 atom stereocenters. The number of nitrogens with zero attached hydrogens (tertiary/aromatic N) is 2. The standard InChI is InChI=1S/C25H27N3O4/c1-31-21-5-2-4-18-16-22(32-23(18)21)24(29)26-19-8-10-20(11-9-19)27-12-3-13-28(15-14-27)25(30)17-6-7-17/h2,4-5,8-11,16-17H,3,6-7,12-15H2,1H3,(H,26,29). The number of methoxy groups -OCH3 is 1. The van der Waals surface area contributed by atoms with E-state index in [1.807, 2.05) is 41.3 Å². The molecule has 1 aliphatic carbocycles. The van der Waals surface area contributed by atoms with Crippen LogP contribution in [0.15, 0.2) is 52.9 Å². The summed E-state index contributed by atoms with van der Waals surface area (Å²) in [7, 11) is 1.57. The zero-order chi connectivity index (χ0) is 22.1. The molecule has 0 radical (unpaired) electrons. The van der Waals surface area contributed by atoms with Crippen LogP contribution >= 0.6 is 0 Å². The normalized spacial score (nSPS) is 16.7. The Hall–Kier alpha value is -3.48. The number of benzene rings is 2. The number of hydrogen-bond donors (Lipinski definition) is 1. The predicted octanol–water partition coefficient (Wildman–Crippen LogP) is 4.14. The molecular weight excluding hydrogens is 406 g/mol. The van der Waals surface area contributed by atoms with Gasteiger partial charge >= 0.3 is 0 Å². The van der Waals surface area contributed by atoms with Crippen molar-refractivity contribution in [3.63, 3.8) is 0 Å². The van der Waals surface area contributed by atoms with Crippen molar-refractivity contribution in [3.8, 4) is 5.75 Å². The van der Waals surface area contributed by atoms with E-state index >= 15 is 0 Å². The quantitative estimate of drug-likeness (QED) is 0.655. The fourth-order valence-corrected chi connectivity index (χ4v) is 4.24. The predicted molar refractivity (Wildman–Crippen MR) is 123 cm³/mol. The third kappa shape index (κ3) is 4.15. The van der Waals surface area contributed by atoms with Crippen molar-refractivity contribution in [2.75, 3.05) is 43.5 Å². The molecule has 7 heteroatoms. The van der Waals surface area contributed by atoms with E-state index in [1.54, 1.807) is 19.2 Å². The minimum Gasteiger partial charge on any atom is -0.493 e. The van der Waals surface area contributed by atoms with Gasteiger partial charge in [-0.05, 0) is 55.7 Å². The molecule has 5 rings (SSSR count). The summed E-state index contributed by atoms with van der Waals surface area (Å²) in [4.78, 5) is 29.4. The van der Waals surface area contributed by atoms with Crippen LogP contribution in [0.4, 0.5) is 11.4 Å². The third-order valence-corrected chi connectivity index (χ3v) is 6.18. The summed E-state index contributed by atoms with van der Waals surface area (Å²) < 4.78 is 11.0. The number of amides is 2. The first-order chi connectivity index (χ1) is 15.6. The molecule has 0 unspecified atom stereocenters. The van der Waals surface area contributed by atoms with Crippen molar-refractivity contribution in [1.29, 1.82) is 0 Å². The summed E-state index contributed by atoms with van der Waals surface area (Å²) in [6.07, 6.45) is 3.06. The zero-order valence-electron chi connectivity index (χ0n) is 18.2. The number of para-hydroxylation sites is 1. The van der Waals surface area contributed by atoms with E-state index in [0.29, 0.717) is 22.9 Å². The Morgan fingerprint density at radius 2 is 1.84 bits per heavy atom. The fourth-order valence-electron chi connectivity index (χ4n) is 4.24. The Kier molecular flexibility index (Phi) is 5.47. The number of ether oxygens (including phenoxy) is 1. The lowest BCUT2D eigenvalue weighted by Gasteiger charge is -2.24. The summed E-state index contributed by atoms with van der Waals surface area (Å²) in [6.45, 7) is 3.34. The molecule has 2 amide bonds. The number of furan rings is 1. The number of fused-ring (bicyclic) bond motifs is 1. The van der Waals surface area contributed by atoms with Crippen molar-refractivity contribution in [2.45, 2.75) is 19.3 Å². The van der Waals surface area contributed by atoms with E-state index in [-0.39, 0.29) is 17.6 Å². The number of nitrogens with one attached hydrogen (secondary N) is 1. The second-order valence-corrected chi connectivity index (χ2v) is 8.43. The first kappa shape index (κ1) is 20.4. The Morgan fingerprint density at radius 1 is 1.03 bits per heavy atom. The van der Waals surface area contributed by atoms with Gasteiger partial charge in [0.15, 0.2) is 17.1 Å². The molecule has 1 saturated carbocycles. The van der Waals surface area contributed by atoms with E-state index in [9.17, 15) is 9.59 Å². The molecule has 7 nitrogen and oxygen atoms in total. The summed E-state index contributed by atoms with van der Waals surface area (Å²) in [5.41, 5.74) is 2.36. The molecular formula is C25H27N3O4. The average Bonchev–Trinajstić information content (AvgIpc) is 3.61. The summed E-state index contributed by atoms with van der Waals surface area (Å²) in [5.74, 6) is 1.13. The topological polar surface area (TPSA) is 75.0 Å². The SMILES string of the molecule is COc1cccc2cc(C(=O)Nc3ccc(N4CCCN(C(=O)C5CC5)CC4)cc3)oc12. The van der Waals surface area contributed by atoms with E-state index < -0.39 is 0 Å². The van der Waals surface area contributed by atoms with Crippen molar-refractivity contribution in [1.82, 2.24) is 4.90 Å². The first-order valence-electron chi connectivity index (χ1n) is 11.1. The van der Waals surface area contributed by atoms with Gasteiger partial charge in [-0.25, -0.2) is 0 Å². The van der Waals surface area contributed by atoms with Gasteiger partial charge in [0.25, 0.3) is 5.91 Å². The number of rotatable bonds is 5. The van der Waals surface area contributed by atoms with Crippen LogP contribution in [-0.2, 0) is 4.79 Å². The Bertz CT molecular complexity index is 1130. The van der Waals surface area contributed by atoms with Gasteiger partial charge in [0.05, 0.1) is 7.11 Å². The molecule has 1 aliphatic heterocycles. The van der Waals surface area contributed by atoms with E-state index in [2.05, 4.69) is 10.2 Å². The molecule has 2 aromatic carbocycles. The van der Waals surface area contributed by atoms with Gasteiger partial charge < -0.3 is 24.3 Å². The van der Waals surface area contributed by atoms with E-state index in [1.165, 1.54) is 0 Å². The second kappa shape index (κ2) is 8.57. The fraction of sp³-hybridized carbons (Fsp3) is 0.360. The van der Waals surface area contributed by atoms with Gasteiger partial charge in [-0.1, -0.05) is 12.1 Å². The lowest BCUT2D eigenvalue weighted by molar-refractivity contribution is -0.132. The maximum absolute atomic E-state index is 12.7. The molecule has 166 valence electrons. The minimum atomic E-state index is -0.306. The molecule has 0 bridgehead atoms. The highest BCUT2D eigenvalue weighted by Crippen LogP contribution is 2.32. The molecule has 2 fully saturated rings. The van der Waals surface area contributed by atoms with Crippen molar-refractivity contribution in [3.05, 3.63) is 54.3 Å². The van der Waals surface area contributed by atoms with Crippen molar-refractivity contribution >= 4 is 34.2 Å². The number of carbonyl (C=O) groups is 2. The molecule has 0 spiro atoms. The van der Waals surface area contributed by atoms with Crippen LogP contribution in [0, 0.1) is 5.92 Å². The Labute approximate surface area is 186 Å². The van der Waals surface area contributed by atoms with Gasteiger partial charge in [0, 0.05) is 48.9 Å². The van der Waals surface area contributed by atoms with E-state index in [0.717, 1.165) is 56.5 Å². The van der Waals surface area contributed by atoms with Crippen LogP contribution in [0.1, 0.15) is 29.8 Å². The number of carbonyl (C=O) groups excluding carboxylic acids is 2. The highest BCUT2D eigenvalue weighted by Gasteiger charge is 2.33. The van der Waals surface area contributed by atoms with E-state index in [4.69, 9.17) is 9.15 Å². The summed E-state index contributed by atoms with van der Waals surface area (Å²) in [5, 5.41) is 3.72. The molecule has 2 aliphatic rings. The average molecular weight is 434 g/mol. The highest BCUT2D eigenvalue weighted by molar-refractivity contribution is 6.05. The molecule has 3 aromatic rings. The van der Waals surface area contributed by atoms with Gasteiger partial charge in [-0.2, -0.15) is 0 Å². The molecule has 1 saturated heterocycles. The summed E-state index contributed by atoms with van der Waals surface area (Å²) in [6, 6.07) is 15.1. The van der Waals surface area contributed by atoms with Crippen LogP contribution in [0.3, 0.4) is 0 Å². The summed E-state index contributed by atoms with van der Waals surface area (Å²) >= 11 is 0. The lowest BCUT2D eigenvalue weighted by atomic mass is 10.2. The molecule has 1 N–H and O–H groups in total. The van der Waals surface area contributed by atoms with Crippen LogP contribution in [0.2, 0.25) is 0 Å². The Balaban J connectivity index is 1.23. The second-order valence-electron chi connectivity index (χ2n) is 8.43. The van der Waals surface area contributed by atoms with Crippen molar-refractivity contribution in [2.24, 2.45) is 5.92 Å². The first-order valence-corrected chi connectivity index (χ1v) is 11.1. The minimum absolute atomic E-state index is 0.238.